The van der Waals surface area contributed by atoms with E-state index in [1.54, 1.807) is 6.07 Å². The van der Waals surface area contributed by atoms with Crippen LogP contribution in [0.5, 0.6) is 0 Å². The van der Waals surface area contributed by atoms with E-state index in [0.29, 0.717) is 17.6 Å². The third-order valence-electron chi connectivity index (χ3n) is 4.18. The molecule has 1 aromatic rings. The number of nitrogens with one attached hydrogen (secondary N) is 1. The number of rotatable bonds is 2. The summed E-state index contributed by atoms with van der Waals surface area (Å²) in [5.74, 6) is 0.560. The van der Waals surface area contributed by atoms with Gasteiger partial charge in [-0.1, -0.05) is 17.7 Å². The molecule has 2 fully saturated rings. The Labute approximate surface area is 112 Å². The Balaban J connectivity index is 1.75. The van der Waals surface area contributed by atoms with Gasteiger partial charge in [0.25, 0.3) is 0 Å². The Morgan fingerprint density at radius 3 is 3.11 bits per heavy atom. The summed E-state index contributed by atoms with van der Waals surface area (Å²) in [6, 6.07) is 5.57. The van der Waals surface area contributed by atoms with E-state index in [-0.39, 0.29) is 5.82 Å². The summed E-state index contributed by atoms with van der Waals surface area (Å²) in [7, 11) is 0. The molecule has 0 bridgehead atoms. The van der Waals surface area contributed by atoms with Gasteiger partial charge < -0.3 is 5.32 Å². The first kappa shape index (κ1) is 12.4. The summed E-state index contributed by atoms with van der Waals surface area (Å²) in [4.78, 5) is 2.42. The Morgan fingerprint density at radius 2 is 2.28 bits per heavy atom. The summed E-state index contributed by atoms with van der Waals surface area (Å²) in [6.07, 6.45) is 2.52. The van der Waals surface area contributed by atoms with Gasteiger partial charge in [0.2, 0.25) is 0 Å². The Bertz CT molecular complexity index is 438. The van der Waals surface area contributed by atoms with E-state index in [1.165, 1.54) is 18.9 Å². The van der Waals surface area contributed by atoms with Crippen molar-refractivity contribution in [3.63, 3.8) is 0 Å². The predicted octanol–water partition coefficient (Wildman–Crippen LogP) is 2.66. The molecule has 1 aromatic carbocycles. The van der Waals surface area contributed by atoms with Crippen LogP contribution in [0, 0.1) is 11.7 Å². The monoisotopic (exact) mass is 268 g/mol. The molecule has 18 heavy (non-hydrogen) atoms. The van der Waals surface area contributed by atoms with Crippen molar-refractivity contribution in [2.24, 2.45) is 5.92 Å². The number of benzene rings is 1. The number of hydrogen-bond donors (Lipinski definition) is 1. The molecule has 2 atom stereocenters. The molecule has 0 aliphatic carbocycles. The molecule has 3 rings (SSSR count). The summed E-state index contributed by atoms with van der Waals surface area (Å²) in [5, 5.41) is 3.92. The lowest BCUT2D eigenvalue weighted by molar-refractivity contribution is 0.116. The Morgan fingerprint density at radius 1 is 1.39 bits per heavy atom. The van der Waals surface area contributed by atoms with Gasteiger partial charge in [-0.25, -0.2) is 4.39 Å². The first-order valence-electron chi connectivity index (χ1n) is 6.63. The second kappa shape index (κ2) is 5.16. The van der Waals surface area contributed by atoms with Gasteiger partial charge in [-0.05, 0) is 44.0 Å². The molecule has 2 unspecified atom stereocenters. The third kappa shape index (κ3) is 2.40. The van der Waals surface area contributed by atoms with Gasteiger partial charge in [-0.2, -0.15) is 0 Å². The van der Waals surface area contributed by atoms with Gasteiger partial charge in [0.15, 0.2) is 0 Å². The van der Waals surface area contributed by atoms with Crippen LogP contribution in [0.2, 0.25) is 5.02 Å². The van der Waals surface area contributed by atoms with E-state index < -0.39 is 0 Å². The summed E-state index contributed by atoms with van der Waals surface area (Å²) in [5.41, 5.74) is 0.756. The molecule has 2 saturated heterocycles. The average molecular weight is 269 g/mol. The fraction of sp³-hybridized carbons (Fsp3) is 0.571. The number of nitrogens with zero attached hydrogens (tertiary/aromatic N) is 1. The average Bonchev–Trinajstić information content (AvgIpc) is 2.82. The number of hydrogen-bond acceptors (Lipinski definition) is 2. The molecule has 1 N–H and O–H groups in total. The zero-order valence-electron chi connectivity index (χ0n) is 10.3. The van der Waals surface area contributed by atoms with Crippen LogP contribution in [0.1, 0.15) is 18.4 Å². The van der Waals surface area contributed by atoms with Crippen LogP contribution in [0.4, 0.5) is 4.39 Å². The number of piperidine rings is 1. The van der Waals surface area contributed by atoms with Crippen LogP contribution < -0.4 is 5.32 Å². The first-order chi connectivity index (χ1) is 8.74. The number of halogens is 2. The molecule has 0 saturated carbocycles. The molecule has 0 amide bonds. The van der Waals surface area contributed by atoms with Crippen molar-refractivity contribution in [2.45, 2.75) is 25.4 Å². The highest BCUT2D eigenvalue weighted by Gasteiger charge is 2.34. The molecule has 0 radical (unpaired) electrons. The van der Waals surface area contributed by atoms with Gasteiger partial charge in [0.1, 0.15) is 5.82 Å². The lowest BCUT2D eigenvalue weighted by atomic mass is 9.91. The Kier molecular flexibility index (Phi) is 3.55. The zero-order chi connectivity index (χ0) is 12.5. The predicted molar refractivity (Wildman–Crippen MR) is 71.2 cm³/mol. The van der Waals surface area contributed by atoms with Gasteiger partial charge in [0, 0.05) is 29.7 Å². The lowest BCUT2D eigenvalue weighted by Crippen LogP contribution is -2.44. The lowest BCUT2D eigenvalue weighted by Gasteiger charge is -2.37. The van der Waals surface area contributed by atoms with Gasteiger partial charge >= 0.3 is 0 Å². The van der Waals surface area contributed by atoms with Gasteiger partial charge in [0.05, 0.1) is 0 Å². The molecule has 2 nitrogen and oxygen atoms in total. The van der Waals surface area contributed by atoms with Gasteiger partial charge in [-0.15, -0.1) is 0 Å². The fourth-order valence-corrected chi connectivity index (χ4v) is 3.39. The highest BCUT2D eigenvalue weighted by atomic mass is 35.5. The van der Waals surface area contributed by atoms with E-state index in [2.05, 4.69) is 10.2 Å². The normalized spacial score (nSPS) is 28.3. The molecule has 0 spiro atoms. The van der Waals surface area contributed by atoms with Crippen molar-refractivity contribution in [3.05, 3.63) is 34.6 Å². The van der Waals surface area contributed by atoms with Crippen molar-refractivity contribution in [3.8, 4) is 0 Å². The first-order valence-corrected chi connectivity index (χ1v) is 7.00. The van der Waals surface area contributed by atoms with Crippen LogP contribution in [-0.2, 0) is 6.54 Å². The van der Waals surface area contributed by atoms with E-state index >= 15 is 0 Å². The largest absolute Gasteiger partial charge is 0.315 e. The van der Waals surface area contributed by atoms with Crippen LogP contribution in [0.25, 0.3) is 0 Å². The summed E-state index contributed by atoms with van der Waals surface area (Å²) >= 11 is 5.79. The smallest absolute Gasteiger partial charge is 0.129 e. The van der Waals surface area contributed by atoms with E-state index in [0.717, 1.165) is 31.1 Å². The van der Waals surface area contributed by atoms with Crippen molar-refractivity contribution < 1.29 is 4.39 Å². The van der Waals surface area contributed by atoms with Crippen molar-refractivity contribution in [1.82, 2.24) is 10.2 Å². The number of fused-ring (bicyclic) bond motifs is 1. The molecule has 2 aliphatic heterocycles. The summed E-state index contributed by atoms with van der Waals surface area (Å²) < 4.78 is 13.8. The fourth-order valence-electron chi connectivity index (χ4n) is 3.23. The van der Waals surface area contributed by atoms with Crippen LogP contribution in [-0.4, -0.2) is 30.6 Å². The molecule has 98 valence electrons. The van der Waals surface area contributed by atoms with E-state index in [4.69, 9.17) is 11.6 Å². The zero-order valence-corrected chi connectivity index (χ0v) is 11.1. The minimum Gasteiger partial charge on any atom is -0.315 e. The Hall–Kier alpha value is -0.640. The number of likely N-dealkylation sites (tertiary alicyclic amines) is 1. The molecule has 0 aromatic heterocycles. The highest BCUT2D eigenvalue weighted by molar-refractivity contribution is 6.30. The molecule has 2 heterocycles. The minimum atomic E-state index is -0.185. The maximum absolute atomic E-state index is 13.8. The minimum absolute atomic E-state index is 0.185. The highest BCUT2D eigenvalue weighted by Crippen LogP contribution is 2.28. The standard InChI is InChI=1S/C14H18ClFN2/c15-12-4-3-11(13(16)6-12)9-18-5-1-2-10-7-17-8-14(10)18/h3-4,6,10,14,17H,1-2,5,7-9H2. The van der Waals surface area contributed by atoms with Crippen molar-refractivity contribution >= 4 is 11.6 Å². The maximum atomic E-state index is 13.8. The molecule has 4 heteroatoms. The summed E-state index contributed by atoms with van der Waals surface area (Å²) in [6.45, 7) is 3.93. The quantitative estimate of drug-likeness (QED) is 0.887. The molecular weight excluding hydrogens is 251 g/mol. The molecular formula is C14H18ClFN2. The van der Waals surface area contributed by atoms with Crippen molar-refractivity contribution in [2.75, 3.05) is 19.6 Å². The molecule has 2 aliphatic rings. The maximum Gasteiger partial charge on any atom is 0.129 e. The third-order valence-corrected chi connectivity index (χ3v) is 4.42. The second-order valence-electron chi connectivity index (χ2n) is 5.33. The van der Waals surface area contributed by atoms with E-state index in [9.17, 15) is 4.39 Å². The van der Waals surface area contributed by atoms with Crippen LogP contribution >= 0.6 is 11.6 Å². The van der Waals surface area contributed by atoms with Gasteiger partial charge in [-0.3, -0.25) is 4.90 Å². The SMILES string of the molecule is Fc1cc(Cl)ccc1CN1CCCC2CNCC21. The van der Waals surface area contributed by atoms with Crippen LogP contribution in [0.3, 0.4) is 0 Å². The van der Waals surface area contributed by atoms with E-state index in [1.807, 2.05) is 6.07 Å². The second-order valence-corrected chi connectivity index (χ2v) is 5.77. The topological polar surface area (TPSA) is 15.3 Å². The van der Waals surface area contributed by atoms with Crippen LogP contribution in [0.15, 0.2) is 18.2 Å². The van der Waals surface area contributed by atoms with Crippen molar-refractivity contribution in [1.29, 1.82) is 0 Å².